The van der Waals surface area contributed by atoms with E-state index in [-0.39, 0.29) is 5.41 Å². The molecule has 1 aromatic carbocycles. The van der Waals surface area contributed by atoms with Gasteiger partial charge in [-0.05, 0) is 69.0 Å². The van der Waals surface area contributed by atoms with Crippen molar-refractivity contribution in [3.63, 3.8) is 0 Å². The number of imidazole rings is 1. The Morgan fingerprint density at radius 2 is 1.89 bits per heavy atom. The lowest BCUT2D eigenvalue weighted by Gasteiger charge is -2.36. The van der Waals surface area contributed by atoms with E-state index in [4.69, 9.17) is 4.98 Å². The van der Waals surface area contributed by atoms with Gasteiger partial charge in [0.1, 0.15) is 11.9 Å². The van der Waals surface area contributed by atoms with Crippen LogP contribution >= 0.6 is 0 Å². The van der Waals surface area contributed by atoms with Crippen LogP contribution in [0.3, 0.4) is 0 Å². The highest BCUT2D eigenvalue weighted by atomic mass is 16.4. The van der Waals surface area contributed by atoms with E-state index in [0.717, 1.165) is 52.1 Å². The first-order chi connectivity index (χ1) is 18.2. The summed E-state index contributed by atoms with van der Waals surface area (Å²) in [5.41, 5.74) is 5.22. The van der Waals surface area contributed by atoms with Crippen molar-refractivity contribution in [1.29, 1.82) is 0 Å². The highest BCUT2D eigenvalue weighted by molar-refractivity contribution is 5.74. The Bertz CT molecular complexity index is 1120. The van der Waals surface area contributed by atoms with Crippen molar-refractivity contribution >= 4 is 5.97 Å². The highest BCUT2D eigenvalue weighted by Crippen LogP contribution is 2.39. The summed E-state index contributed by atoms with van der Waals surface area (Å²) in [6, 6.07) is 8.42. The molecule has 0 radical (unpaired) electrons. The molecule has 3 aliphatic rings. The summed E-state index contributed by atoms with van der Waals surface area (Å²) < 4.78 is 2.57. The number of carbonyl (C=O) groups is 1. The van der Waals surface area contributed by atoms with Crippen molar-refractivity contribution in [2.75, 3.05) is 32.7 Å². The summed E-state index contributed by atoms with van der Waals surface area (Å²) in [5, 5.41) is 10.2. The number of likely N-dealkylation sites (tertiary alicyclic amines) is 2. The van der Waals surface area contributed by atoms with Crippen molar-refractivity contribution in [2.45, 2.75) is 97.6 Å². The summed E-state index contributed by atoms with van der Waals surface area (Å²) in [6.45, 7) is 16.7. The minimum absolute atomic E-state index is 0.308. The Kier molecular flexibility index (Phi) is 8.02. The minimum atomic E-state index is -0.696. The number of hydrogen-bond acceptors (Lipinski definition) is 4. The van der Waals surface area contributed by atoms with Gasteiger partial charge in [-0.3, -0.25) is 9.69 Å². The van der Waals surface area contributed by atoms with Gasteiger partial charge in [-0.1, -0.05) is 57.5 Å². The number of hydrogen-bond donors (Lipinski definition) is 1. The fraction of sp³-hybridized carbons (Fsp3) is 0.688. The molecule has 1 N–H and O–H groups in total. The van der Waals surface area contributed by atoms with Crippen LogP contribution in [-0.4, -0.2) is 69.2 Å². The second-order valence-corrected chi connectivity index (χ2v) is 13.2. The molecule has 6 nitrogen and oxygen atoms in total. The average Bonchev–Trinajstić information content (AvgIpc) is 3.44. The maximum absolute atomic E-state index is 12.4. The molecule has 4 heterocycles. The molecule has 38 heavy (non-hydrogen) atoms. The van der Waals surface area contributed by atoms with Gasteiger partial charge >= 0.3 is 5.97 Å². The van der Waals surface area contributed by atoms with Gasteiger partial charge in [0.25, 0.3) is 0 Å². The van der Waals surface area contributed by atoms with Crippen molar-refractivity contribution in [2.24, 2.45) is 11.3 Å². The number of rotatable bonds is 7. The van der Waals surface area contributed by atoms with Crippen LogP contribution in [0.5, 0.6) is 0 Å². The van der Waals surface area contributed by atoms with Gasteiger partial charge in [-0.15, -0.1) is 0 Å². The summed E-state index contributed by atoms with van der Waals surface area (Å²) in [7, 11) is 0. The first-order valence-corrected chi connectivity index (χ1v) is 15.0. The quantitative estimate of drug-likeness (QED) is 0.524. The Hall–Kier alpha value is -2.18. The maximum atomic E-state index is 12.4. The first-order valence-electron chi connectivity index (χ1n) is 15.0. The van der Waals surface area contributed by atoms with E-state index in [9.17, 15) is 9.90 Å². The van der Waals surface area contributed by atoms with Gasteiger partial charge in [0.05, 0.1) is 5.69 Å². The van der Waals surface area contributed by atoms with Crippen molar-refractivity contribution in [3.8, 4) is 0 Å². The standard InChI is InChI=1S/C32H48N4O2/c1-6-27-29(36-15-8-7-12-28(36)33-27)23-13-16-34(17-14-23)19-25-20-35(30(31(37)38)32(3,4)5)21-26(25)24-11-9-10-22(2)18-24/h9-11,18,23,25-26,30H,6-8,12-17,19-21H2,1-5H3,(H,37,38)/t25-,26+,30-/m0/s1. The van der Waals surface area contributed by atoms with Crippen molar-refractivity contribution < 1.29 is 9.90 Å². The van der Waals surface area contributed by atoms with E-state index in [1.54, 1.807) is 5.69 Å². The minimum Gasteiger partial charge on any atom is -0.480 e. The summed E-state index contributed by atoms with van der Waals surface area (Å²) in [5.74, 6) is 2.05. The van der Waals surface area contributed by atoms with Crippen LogP contribution in [0.1, 0.15) is 93.6 Å². The SMILES string of the molecule is CCc1nc2n(c1C1CCN(C[C@H]3CN([C@@H](C(=O)O)C(C)(C)C)C[C@@H]3c3cccc(C)c3)CC1)CCCC2. The van der Waals surface area contributed by atoms with Gasteiger partial charge in [-0.25, -0.2) is 4.98 Å². The summed E-state index contributed by atoms with van der Waals surface area (Å²) in [4.78, 5) is 22.4. The number of nitrogens with zero attached hydrogens (tertiary/aromatic N) is 4. The fourth-order valence-corrected chi connectivity index (χ4v) is 7.65. The van der Waals surface area contributed by atoms with E-state index in [1.165, 1.54) is 48.3 Å². The van der Waals surface area contributed by atoms with Crippen LogP contribution in [-0.2, 0) is 24.2 Å². The molecular formula is C32H48N4O2. The number of carboxylic acids is 1. The number of aromatic nitrogens is 2. The van der Waals surface area contributed by atoms with Crippen molar-refractivity contribution in [3.05, 3.63) is 52.6 Å². The molecule has 0 bridgehead atoms. The van der Waals surface area contributed by atoms with Crippen LogP contribution in [0.15, 0.2) is 24.3 Å². The zero-order valence-electron chi connectivity index (χ0n) is 24.2. The van der Waals surface area contributed by atoms with E-state index in [1.807, 2.05) is 0 Å². The van der Waals surface area contributed by atoms with Gasteiger partial charge in [0, 0.05) is 50.1 Å². The van der Waals surface area contributed by atoms with Gasteiger partial charge in [0.15, 0.2) is 0 Å². The largest absolute Gasteiger partial charge is 0.480 e. The Labute approximate surface area is 229 Å². The Morgan fingerprint density at radius 3 is 2.55 bits per heavy atom. The second kappa shape index (κ2) is 11.1. The van der Waals surface area contributed by atoms with E-state index in [2.05, 4.69) is 73.3 Å². The number of aliphatic carboxylic acids is 1. The molecule has 0 unspecified atom stereocenters. The molecular weight excluding hydrogens is 472 g/mol. The third kappa shape index (κ3) is 5.58. The molecule has 0 spiro atoms. The molecule has 208 valence electrons. The molecule has 1 aromatic heterocycles. The predicted octanol–water partition coefficient (Wildman–Crippen LogP) is 5.48. The van der Waals surface area contributed by atoms with Crippen LogP contribution in [0.4, 0.5) is 0 Å². The molecule has 6 heteroatoms. The first kappa shape index (κ1) is 27.4. The molecule has 0 amide bonds. The number of fused-ring (bicyclic) bond motifs is 1. The lowest BCUT2D eigenvalue weighted by Crippen LogP contribution is -2.48. The Morgan fingerprint density at radius 1 is 1.13 bits per heavy atom. The van der Waals surface area contributed by atoms with Gasteiger partial charge < -0.3 is 14.6 Å². The molecule has 2 fully saturated rings. The third-order valence-electron chi connectivity index (χ3n) is 9.35. The number of carboxylic acid groups (broad SMARTS) is 1. The lowest BCUT2D eigenvalue weighted by atomic mass is 9.85. The second-order valence-electron chi connectivity index (χ2n) is 13.2. The monoisotopic (exact) mass is 520 g/mol. The lowest BCUT2D eigenvalue weighted by molar-refractivity contribution is -0.147. The van der Waals surface area contributed by atoms with E-state index < -0.39 is 12.0 Å². The van der Waals surface area contributed by atoms with Crippen LogP contribution < -0.4 is 0 Å². The smallest absolute Gasteiger partial charge is 0.321 e. The molecule has 5 rings (SSSR count). The zero-order chi connectivity index (χ0) is 27.0. The molecule has 3 atom stereocenters. The van der Waals surface area contributed by atoms with Gasteiger partial charge in [0.2, 0.25) is 0 Å². The molecule has 3 aliphatic heterocycles. The average molecular weight is 521 g/mol. The number of benzene rings is 1. The topological polar surface area (TPSA) is 61.6 Å². The van der Waals surface area contributed by atoms with E-state index in [0.29, 0.717) is 17.8 Å². The molecule has 0 saturated carbocycles. The fourth-order valence-electron chi connectivity index (χ4n) is 7.65. The van der Waals surface area contributed by atoms with Crippen molar-refractivity contribution in [1.82, 2.24) is 19.4 Å². The normalized spacial score (nSPS) is 24.4. The summed E-state index contributed by atoms with van der Waals surface area (Å²) >= 11 is 0. The molecule has 0 aliphatic carbocycles. The van der Waals surface area contributed by atoms with Gasteiger partial charge in [-0.2, -0.15) is 0 Å². The zero-order valence-corrected chi connectivity index (χ0v) is 24.2. The molecule has 2 saturated heterocycles. The summed E-state index contributed by atoms with van der Waals surface area (Å²) in [6.07, 6.45) is 7.12. The number of piperidine rings is 1. The van der Waals surface area contributed by atoms with Crippen LogP contribution in [0, 0.1) is 18.3 Å². The Balaban J connectivity index is 1.31. The predicted molar refractivity (Wildman–Crippen MR) is 153 cm³/mol. The van der Waals surface area contributed by atoms with Crippen LogP contribution in [0.25, 0.3) is 0 Å². The van der Waals surface area contributed by atoms with Crippen LogP contribution in [0.2, 0.25) is 0 Å². The third-order valence-corrected chi connectivity index (χ3v) is 9.35. The number of aryl methyl sites for hydroxylation is 3. The maximum Gasteiger partial charge on any atom is 0.321 e. The molecule has 2 aromatic rings. The van der Waals surface area contributed by atoms with E-state index >= 15 is 0 Å². The highest BCUT2D eigenvalue weighted by Gasteiger charge is 2.44.